The summed E-state index contributed by atoms with van der Waals surface area (Å²) in [7, 11) is 0. The number of halogens is 2. The van der Waals surface area contributed by atoms with E-state index in [2.05, 4.69) is 80.0 Å². The van der Waals surface area contributed by atoms with Crippen molar-refractivity contribution in [2.24, 2.45) is 0 Å². The summed E-state index contributed by atoms with van der Waals surface area (Å²) >= 11 is 5.75. The van der Waals surface area contributed by atoms with Crippen molar-refractivity contribution >= 4 is 44.2 Å². The zero-order valence-electron chi connectivity index (χ0n) is 9.32. The summed E-state index contributed by atoms with van der Waals surface area (Å²) in [4.78, 5) is 4.19. The molecule has 88 valence electrons. The van der Waals surface area contributed by atoms with Gasteiger partial charge in [-0.05, 0) is 75.3 Å². The fourth-order valence-electron chi connectivity index (χ4n) is 1.56. The van der Waals surface area contributed by atoms with E-state index in [9.17, 15) is 0 Å². The molecule has 2 aromatic rings. The van der Waals surface area contributed by atoms with Gasteiger partial charge in [0.2, 0.25) is 0 Å². The Kier molecular flexibility index (Phi) is 4.39. The van der Waals surface area contributed by atoms with Gasteiger partial charge in [-0.3, -0.25) is 0 Å². The highest BCUT2D eigenvalue weighted by molar-refractivity contribution is 14.1. The smallest absolute Gasteiger partial charge is 0.129 e. The molecule has 0 aliphatic carbocycles. The third-order valence-electron chi connectivity index (χ3n) is 2.50. The second-order valence-electron chi connectivity index (χ2n) is 3.76. The third-order valence-corrected chi connectivity index (χ3v) is 3.85. The largest absolute Gasteiger partial charge is 0.376 e. The van der Waals surface area contributed by atoms with Crippen molar-refractivity contribution in [3.8, 4) is 0 Å². The summed E-state index contributed by atoms with van der Waals surface area (Å²) in [6.45, 7) is 2.14. The summed E-state index contributed by atoms with van der Waals surface area (Å²) in [6, 6.07) is 12.7. The molecule has 0 aliphatic heterocycles. The predicted molar refractivity (Wildman–Crippen MR) is 83.1 cm³/mol. The van der Waals surface area contributed by atoms with Gasteiger partial charge in [0, 0.05) is 15.8 Å². The standard InChI is InChI=1S/C13H12BrIN2/c1-9(10-4-6-11(15)7-5-10)17-12-3-2-8-16-13(12)14/h2-9,17H,1H3. The van der Waals surface area contributed by atoms with Crippen LogP contribution in [0.25, 0.3) is 0 Å². The van der Waals surface area contributed by atoms with Crippen molar-refractivity contribution in [2.45, 2.75) is 13.0 Å². The molecule has 1 atom stereocenters. The number of nitrogens with one attached hydrogen (secondary N) is 1. The average Bonchev–Trinajstić information content (AvgIpc) is 2.33. The second kappa shape index (κ2) is 5.82. The Hall–Kier alpha value is -0.620. The van der Waals surface area contributed by atoms with Crippen molar-refractivity contribution in [1.29, 1.82) is 0 Å². The van der Waals surface area contributed by atoms with E-state index in [1.165, 1.54) is 9.13 Å². The van der Waals surface area contributed by atoms with Gasteiger partial charge < -0.3 is 5.32 Å². The number of benzene rings is 1. The molecule has 17 heavy (non-hydrogen) atoms. The van der Waals surface area contributed by atoms with Gasteiger partial charge in [0.05, 0.1) is 5.69 Å². The van der Waals surface area contributed by atoms with Crippen LogP contribution in [-0.2, 0) is 0 Å². The minimum Gasteiger partial charge on any atom is -0.376 e. The molecule has 1 aromatic carbocycles. The highest BCUT2D eigenvalue weighted by Crippen LogP contribution is 2.24. The number of pyridine rings is 1. The Labute approximate surface area is 123 Å². The summed E-state index contributed by atoms with van der Waals surface area (Å²) in [6.07, 6.45) is 1.77. The average molecular weight is 403 g/mol. The fraction of sp³-hybridized carbons (Fsp3) is 0.154. The topological polar surface area (TPSA) is 24.9 Å². The van der Waals surface area contributed by atoms with Crippen LogP contribution in [0.15, 0.2) is 47.2 Å². The molecule has 0 aliphatic rings. The number of aromatic nitrogens is 1. The van der Waals surface area contributed by atoms with E-state index in [0.717, 1.165) is 10.3 Å². The Bertz CT molecular complexity index is 499. The molecule has 1 unspecified atom stereocenters. The monoisotopic (exact) mass is 402 g/mol. The van der Waals surface area contributed by atoms with Crippen molar-refractivity contribution in [3.05, 3.63) is 56.3 Å². The molecule has 0 radical (unpaired) electrons. The first-order valence-corrected chi connectivity index (χ1v) is 7.16. The van der Waals surface area contributed by atoms with Gasteiger partial charge >= 0.3 is 0 Å². The minimum atomic E-state index is 0.257. The molecule has 0 saturated heterocycles. The van der Waals surface area contributed by atoms with Gasteiger partial charge in [0.15, 0.2) is 0 Å². The first kappa shape index (κ1) is 12.8. The van der Waals surface area contributed by atoms with Gasteiger partial charge in [0.25, 0.3) is 0 Å². The van der Waals surface area contributed by atoms with E-state index in [4.69, 9.17) is 0 Å². The number of hydrogen-bond donors (Lipinski definition) is 1. The van der Waals surface area contributed by atoms with Crippen LogP contribution in [0.4, 0.5) is 5.69 Å². The van der Waals surface area contributed by atoms with E-state index < -0.39 is 0 Å². The summed E-state index contributed by atoms with van der Waals surface area (Å²) < 4.78 is 2.10. The molecule has 0 fully saturated rings. The Morgan fingerprint density at radius 1 is 1.24 bits per heavy atom. The highest BCUT2D eigenvalue weighted by atomic mass is 127. The van der Waals surface area contributed by atoms with E-state index >= 15 is 0 Å². The molecule has 2 rings (SSSR count). The fourth-order valence-corrected chi connectivity index (χ4v) is 2.29. The number of anilines is 1. The van der Waals surface area contributed by atoms with Crippen LogP contribution in [0.3, 0.4) is 0 Å². The lowest BCUT2D eigenvalue weighted by atomic mass is 10.1. The number of hydrogen-bond acceptors (Lipinski definition) is 2. The van der Waals surface area contributed by atoms with Crippen LogP contribution < -0.4 is 5.32 Å². The first-order valence-electron chi connectivity index (χ1n) is 5.29. The maximum atomic E-state index is 4.19. The van der Waals surface area contributed by atoms with E-state index in [1.807, 2.05) is 12.1 Å². The van der Waals surface area contributed by atoms with Gasteiger partial charge in [-0.1, -0.05) is 12.1 Å². The van der Waals surface area contributed by atoms with E-state index in [0.29, 0.717) is 0 Å². The maximum Gasteiger partial charge on any atom is 0.129 e. The van der Waals surface area contributed by atoms with Crippen LogP contribution in [0, 0.1) is 3.57 Å². The molecule has 0 saturated carbocycles. The zero-order valence-corrected chi connectivity index (χ0v) is 13.1. The van der Waals surface area contributed by atoms with Crippen LogP contribution in [0.5, 0.6) is 0 Å². The normalized spacial score (nSPS) is 12.2. The van der Waals surface area contributed by atoms with Crippen molar-refractivity contribution < 1.29 is 0 Å². The van der Waals surface area contributed by atoms with Gasteiger partial charge in [-0.25, -0.2) is 4.98 Å². The lowest BCUT2D eigenvalue weighted by molar-refractivity contribution is 0.880. The molecule has 0 amide bonds. The molecule has 1 heterocycles. The first-order chi connectivity index (χ1) is 8.16. The van der Waals surface area contributed by atoms with Crippen molar-refractivity contribution in [3.63, 3.8) is 0 Å². The lowest BCUT2D eigenvalue weighted by Gasteiger charge is -2.16. The molecule has 2 nitrogen and oxygen atoms in total. The quantitative estimate of drug-likeness (QED) is 0.598. The SMILES string of the molecule is CC(Nc1cccnc1Br)c1ccc(I)cc1. The third kappa shape index (κ3) is 3.42. The lowest BCUT2D eigenvalue weighted by Crippen LogP contribution is -2.07. The molecular formula is C13H12BrIN2. The summed E-state index contributed by atoms with van der Waals surface area (Å²) in [5, 5.41) is 3.43. The van der Waals surface area contributed by atoms with Crippen LogP contribution in [0.2, 0.25) is 0 Å². The summed E-state index contributed by atoms with van der Waals surface area (Å²) in [5.41, 5.74) is 2.28. The number of nitrogens with zero attached hydrogens (tertiary/aromatic N) is 1. The van der Waals surface area contributed by atoms with Crippen molar-refractivity contribution in [1.82, 2.24) is 4.98 Å². The van der Waals surface area contributed by atoms with Crippen LogP contribution in [-0.4, -0.2) is 4.98 Å². The van der Waals surface area contributed by atoms with E-state index in [1.54, 1.807) is 6.20 Å². The summed E-state index contributed by atoms with van der Waals surface area (Å²) in [5.74, 6) is 0. The molecule has 0 spiro atoms. The van der Waals surface area contributed by atoms with Gasteiger partial charge in [-0.15, -0.1) is 0 Å². The molecule has 4 heteroatoms. The van der Waals surface area contributed by atoms with Crippen LogP contribution in [0.1, 0.15) is 18.5 Å². The number of rotatable bonds is 3. The van der Waals surface area contributed by atoms with Gasteiger partial charge in [0.1, 0.15) is 4.60 Å². The van der Waals surface area contributed by atoms with Crippen LogP contribution >= 0.6 is 38.5 Å². The second-order valence-corrected chi connectivity index (χ2v) is 5.76. The molecule has 0 bridgehead atoms. The Balaban J connectivity index is 2.14. The maximum absolute atomic E-state index is 4.19. The predicted octanol–water partition coefficient (Wildman–Crippen LogP) is 4.62. The van der Waals surface area contributed by atoms with Gasteiger partial charge in [-0.2, -0.15) is 0 Å². The molecule has 1 aromatic heterocycles. The van der Waals surface area contributed by atoms with Crippen molar-refractivity contribution in [2.75, 3.05) is 5.32 Å². The Morgan fingerprint density at radius 2 is 1.94 bits per heavy atom. The molecular weight excluding hydrogens is 391 g/mol. The molecule has 1 N–H and O–H groups in total. The Morgan fingerprint density at radius 3 is 2.59 bits per heavy atom. The zero-order chi connectivity index (χ0) is 12.3. The van der Waals surface area contributed by atoms with E-state index in [-0.39, 0.29) is 6.04 Å². The highest BCUT2D eigenvalue weighted by Gasteiger charge is 2.07. The minimum absolute atomic E-state index is 0.257.